The standard InChI is InChI=1S/C15H12F3NO/c1-8-4-3-5-9(2)14(8)19-15(20)10-6-7-11(16)13(18)12(10)17/h3-7H,1-2H3,(H,19,20). The van der Waals surface area contributed by atoms with Gasteiger partial charge < -0.3 is 5.32 Å². The molecule has 0 heterocycles. The zero-order valence-corrected chi connectivity index (χ0v) is 10.9. The lowest BCUT2D eigenvalue weighted by Crippen LogP contribution is -2.16. The minimum atomic E-state index is -1.65. The van der Waals surface area contributed by atoms with Gasteiger partial charge in [-0.3, -0.25) is 4.79 Å². The summed E-state index contributed by atoms with van der Waals surface area (Å²) in [6, 6.07) is 7.02. The van der Waals surface area contributed by atoms with Crippen molar-refractivity contribution in [2.24, 2.45) is 0 Å². The minimum absolute atomic E-state index is 0.529. The van der Waals surface area contributed by atoms with Crippen LogP contribution in [0.25, 0.3) is 0 Å². The Morgan fingerprint density at radius 3 is 2.15 bits per heavy atom. The Hall–Kier alpha value is -2.30. The second-order valence-corrected chi connectivity index (χ2v) is 4.44. The largest absolute Gasteiger partial charge is 0.321 e. The van der Waals surface area contributed by atoms with Crippen LogP contribution in [0, 0.1) is 31.3 Å². The average Bonchev–Trinajstić information content (AvgIpc) is 2.40. The Kier molecular flexibility index (Phi) is 3.79. The first-order valence-electron chi connectivity index (χ1n) is 5.93. The van der Waals surface area contributed by atoms with Crippen LogP contribution in [-0.4, -0.2) is 5.91 Å². The molecule has 1 amide bonds. The van der Waals surface area contributed by atoms with Gasteiger partial charge in [-0.1, -0.05) is 18.2 Å². The molecule has 2 aromatic carbocycles. The van der Waals surface area contributed by atoms with Crippen LogP contribution in [0.5, 0.6) is 0 Å². The fraction of sp³-hybridized carbons (Fsp3) is 0.133. The lowest BCUT2D eigenvalue weighted by atomic mass is 10.1. The zero-order valence-electron chi connectivity index (χ0n) is 10.9. The maximum Gasteiger partial charge on any atom is 0.258 e. The van der Waals surface area contributed by atoms with Crippen molar-refractivity contribution in [2.75, 3.05) is 5.32 Å². The normalized spacial score (nSPS) is 10.4. The highest BCUT2D eigenvalue weighted by Gasteiger charge is 2.19. The van der Waals surface area contributed by atoms with Gasteiger partial charge in [0.15, 0.2) is 17.5 Å². The predicted octanol–water partition coefficient (Wildman–Crippen LogP) is 3.97. The molecule has 2 rings (SSSR count). The van der Waals surface area contributed by atoms with Crippen LogP contribution in [0.15, 0.2) is 30.3 Å². The molecule has 0 atom stereocenters. The summed E-state index contributed by atoms with van der Waals surface area (Å²) in [6.07, 6.45) is 0. The molecule has 0 aliphatic heterocycles. The Morgan fingerprint density at radius 1 is 0.950 bits per heavy atom. The molecule has 0 spiro atoms. The van der Waals surface area contributed by atoms with Gasteiger partial charge in [0, 0.05) is 5.69 Å². The van der Waals surface area contributed by atoms with Gasteiger partial charge >= 0.3 is 0 Å². The molecule has 0 saturated carbocycles. The lowest BCUT2D eigenvalue weighted by Gasteiger charge is -2.12. The van der Waals surface area contributed by atoms with Crippen LogP contribution in [0.3, 0.4) is 0 Å². The van der Waals surface area contributed by atoms with Gasteiger partial charge in [-0.2, -0.15) is 0 Å². The monoisotopic (exact) mass is 279 g/mol. The first-order valence-corrected chi connectivity index (χ1v) is 5.93. The number of halogens is 3. The number of amides is 1. The molecule has 0 radical (unpaired) electrons. The molecule has 0 saturated heterocycles. The molecule has 5 heteroatoms. The van der Waals surface area contributed by atoms with E-state index in [0.717, 1.165) is 23.3 Å². The van der Waals surface area contributed by atoms with Gasteiger partial charge in [-0.25, -0.2) is 13.2 Å². The van der Waals surface area contributed by atoms with Crippen molar-refractivity contribution in [3.05, 3.63) is 64.5 Å². The van der Waals surface area contributed by atoms with Crippen molar-refractivity contribution < 1.29 is 18.0 Å². The molecule has 0 aliphatic rings. The molecular formula is C15H12F3NO. The summed E-state index contributed by atoms with van der Waals surface area (Å²) >= 11 is 0. The highest BCUT2D eigenvalue weighted by Crippen LogP contribution is 2.22. The summed E-state index contributed by atoms with van der Waals surface area (Å²) in [5.41, 5.74) is 1.58. The molecule has 1 N–H and O–H groups in total. The number of aryl methyl sites for hydroxylation is 2. The highest BCUT2D eigenvalue weighted by molar-refractivity contribution is 6.05. The summed E-state index contributed by atoms with van der Waals surface area (Å²) in [7, 11) is 0. The van der Waals surface area contributed by atoms with Gasteiger partial charge in [-0.05, 0) is 37.1 Å². The molecule has 0 aromatic heterocycles. The third-order valence-corrected chi connectivity index (χ3v) is 3.00. The van der Waals surface area contributed by atoms with E-state index in [2.05, 4.69) is 5.32 Å². The first-order chi connectivity index (χ1) is 9.41. The van der Waals surface area contributed by atoms with E-state index in [4.69, 9.17) is 0 Å². The first kappa shape index (κ1) is 14.1. The third kappa shape index (κ3) is 2.52. The maximum absolute atomic E-state index is 13.5. The number of carbonyl (C=O) groups excluding carboxylic acids is 1. The fourth-order valence-corrected chi connectivity index (χ4v) is 1.89. The molecule has 0 fully saturated rings. The number of hydrogen-bond acceptors (Lipinski definition) is 1. The van der Waals surface area contributed by atoms with Crippen LogP contribution >= 0.6 is 0 Å². The topological polar surface area (TPSA) is 29.1 Å². The van der Waals surface area contributed by atoms with Gasteiger partial charge in [0.1, 0.15) is 0 Å². The third-order valence-electron chi connectivity index (χ3n) is 3.00. The van der Waals surface area contributed by atoms with E-state index < -0.39 is 28.9 Å². The molecule has 2 aromatic rings. The summed E-state index contributed by atoms with van der Waals surface area (Å²) in [6.45, 7) is 3.56. The molecule has 0 bridgehead atoms. The van der Waals surface area contributed by atoms with Crippen molar-refractivity contribution in [1.29, 1.82) is 0 Å². The SMILES string of the molecule is Cc1cccc(C)c1NC(=O)c1ccc(F)c(F)c1F. The van der Waals surface area contributed by atoms with E-state index in [9.17, 15) is 18.0 Å². The van der Waals surface area contributed by atoms with Crippen LogP contribution in [0.1, 0.15) is 21.5 Å². The van der Waals surface area contributed by atoms with Gasteiger partial charge in [0.2, 0.25) is 0 Å². The minimum Gasteiger partial charge on any atom is -0.321 e. The molecule has 20 heavy (non-hydrogen) atoms. The van der Waals surface area contributed by atoms with E-state index >= 15 is 0 Å². The average molecular weight is 279 g/mol. The number of benzene rings is 2. The van der Waals surface area contributed by atoms with Crippen LogP contribution in [-0.2, 0) is 0 Å². The van der Waals surface area contributed by atoms with Crippen molar-refractivity contribution in [3.8, 4) is 0 Å². The summed E-state index contributed by atoms with van der Waals surface area (Å²) < 4.78 is 39.5. The Bertz CT molecular complexity index is 663. The molecular weight excluding hydrogens is 267 g/mol. The second kappa shape index (κ2) is 5.36. The summed E-state index contributed by atoms with van der Waals surface area (Å²) in [5, 5.41) is 2.51. The number of hydrogen-bond donors (Lipinski definition) is 1. The number of rotatable bonds is 2. The number of anilines is 1. The maximum atomic E-state index is 13.5. The molecule has 104 valence electrons. The number of nitrogens with one attached hydrogen (secondary N) is 1. The molecule has 0 unspecified atom stereocenters. The van der Waals surface area contributed by atoms with E-state index in [1.54, 1.807) is 26.0 Å². The summed E-state index contributed by atoms with van der Waals surface area (Å²) in [5.74, 6) is -5.29. The zero-order chi connectivity index (χ0) is 14.9. The van der Waals surface area contributed by atoms with Crippen LogP contribution in [0.2, 0.25) is 0 Å². The van der Waals surface area contributed by atoms with Gasteiger partial charge in [-0.15, -0.1) is 0 Å². The molecule has 0 aliphatic carbocycles. The van der Waals surface area contributed by atoms with E-state index in [1.807, 2.05) is 6.07 Å². The van der Waals surface area contributed by atoms with Crippen molar-refractivity contribution in [3.63, 3.8) is 0 Å². The summed E-state index contributed by atoms with van der Waals surface area (Å²) in [4.78, 5) is 12.0. The second-order valence-electron chi connectivity index (χ2n) is 4.44. The van der Waals surface area contributed by atoms with E-state index in [0.29, 0.717) is 5.69 Å². The predicted molar refractivity (Wildman–Crippen MR) is 70.2 cm³/mol. The molecule has 2 nitrogen and oxygen atoms in total. The van der Waals surface area contributed by atoms with Gasteiger partial charge in [0.25, 0.3) is 5.91 Å². The number of para-hydroxylation sites is 1. The highest BCUT2D eigenvalue weighted by atomic mass is 19.2. The fourth-order valence-electron chi connectivity index (χ4n) is 1.89. The smallest absolute Gasteiger partial charge is 0.258 e. The Balaban J connectivity index is 2.36. The Labute approximate surface area is 114 Å². The quantitative estimate of drug-likeness (QED) is 0.828. The van der Waals surface area contributed by atoms with Crippen molar-refractivity contribution in [1.82, 2.24) is 0 Å². The van der Waals surface area contributed by atoms with Gasteiger partial charge in [0.05, 0.1) is 5.56 Å². The van der Waals surface area contributed by atoms with Crippen LogP contribution < -0.4 is 5.32 Å². The number of carbonyl (C=O) groups is 1. The van der Waals surface area contributed by atoms with E-state index in [1.165, 1.54) is 0 Å². The van der Waals surface area contributed by atoms with Crippen molar-refractivity contribution >= 4 is 11.6 Å². The van der Waals surface area contributed by atoms with Crippen LogP contribution in [0.4, 0.5) is 18.9 Å². The van der Waals surface area contributed by atoms with E-state index in [-0.39, 0.29) is 0 Å². The van der Waals surface area contributed by atoms with Crippen molar-refractivity contribution in [2.45, 2.75) is 13.8 Å². The Morgan fingerprint density at radius 2 is 1.55 bits per heavy atom. The lowest BCUT2D eigenvalue weighted by molar-refractivity contribution is 0.102.